The fraction of sp³-hybridized carbons (Fsp3) is 0.533. The lowest BCUT2D eigenvalue weighted by molar-refractivity contribution is -0.118. The molecule has 3 N–H and O–H groups in total. The van der Waals surface area contributed by atoms with Crippen LogP contribution in [-0.2, 0) is 23.6 Å². The van der Waals surface area contributed by atoms with Crippen molar-refractivity contribution in [2.24, 2.45) is 0 Å². The Morgan fingerprint density at radius 2 is 2.12 bits per heavy atom. The van der Waals surface area contributed by atoms with Crippen molar-refractivity contribution in [3.05, 3.63) is 36.6 Å². The van der Waals surface area contributed by atoms with E-state index in [1.807, 2.05) is 13.8 Å². The number of methoxy groups -OCH3 is 1. The minimum Gasteiger partial charge on any atom is -0.374 e. The normalized spacial score (nSPS) is 30.6. The van der Waals surface area contributed by atoms with Crippen LogP contribution in [0, 0.1) is 0 Å². The predicted molar refractivity (Wildman–Crippen MR) is 88.9 cm³/mol. The van der Waals surface area contributed by atoms with E-state index in [1.54, 1.807) is 4.90 Å². The second kappa shape index (κ2) is 7.82. The molecule has 25 heavy (non-hydrogen) atoms. The largest absolute Gasteiger partial charge is 0.374 e. The summed E-state index contributed by atoms with van der Waals surface area (Å²) in [6.45, 7) is 7.45. The number of rotatable bonds is 6. The number of amides is 1. The third-order valence-corrected chi connectivity index (χ3v) is 4.20. The van der Waals surface area contributed by atoms with Crippen molar-refractivity contribution in [2.45, 2.75) is 44.5 Å². The highest BCUT2D eigenvalue weighted by Gasteiger charge is 2.48. The van der Waals surface area contributed by atoms with Crippen LogP contribution in [0.3, 0.4) is 0 Å². The molecule has 2 aliphatic heterocycles. The van der Waals surface area contributed by atoms with Crippen molar-refractivity contribution in [1.29, 1.82) is 0 Å². The molecule has 1 amide bonds. The van der Waals surface area contributed by atoms with Gasteiger partial charge >= 0.3 is 7.60 Å². The first-order valence-corrected chi connectivity index (χ1v) is 9.35. The first-order chi connectivity index (χ1) is 11.6. The summed E-state index contributed by atoms with van der Waals surface area (Å²) in [5.41, 5.74) is 0. The predicted octanol–water partition coefficient (Wildman–Crippen LogP) is 0.628. The Hall–Kier alpha value is -1.48. The molecular weight excluding hydrogens is 351 g/mol. The number of nitrogens with zero attached hydrogens (tertiary/aromatic N) is 1. The van der Waals surface area contributed by atoms with Crippen LogP contribution in [0.5, 0.6) is 0 Å². The van der Waals surface area contributed by atoms with Gasteiger partial charge in [-0.3, -0.25) is 9.36 Å². The first kappa shape index (κ1) is 19.8. The third kappa shape index (κ3) is 5.01. The maximum atomic E-state index is 11.4. The summed E-state index contributed by atoms with van der Waals surface area (Å²) in [6, 6.07) is 0. The van der Waals surface area contributed by atoms with Crippen molar-refractivity contribution in [3.63, 3.8) is 0 Å². The van der Waals surface area contributed by atoms with E-state index in [1.165, 1.54) is 25.5 Å². The zero-order valence-electron chi connectivity index (χ0n) is 14.2. The average Bonchev–Trinajstić information content (AvgIpc) is 2.81. The van der Waals surface area contributed by atoms with Crippen LogP contribution < -0.4 is 5.32 Å². The lowest BCUT2D eigenvalue weighted by atomic mass is 10.1. The molecule has 4 atom stereocenters. The van der Waals surface area contributed by atoms with E-state index in [9.17, 15) is 9.36 Å². The smallest absolute Gasteiger partial charge is 0.348 e. The van der Waals surface area contributed by atoms with Gasteiger partial charge in [0, 0.05) is 25.2 Å². The molecule has 1 unspecified atom stereocenters. The molecule has 0 aliphatic carbocycles. The van der Waals surface area contributed by atoms with Gasteiger partial charge in [-0.2, -0.15) is 0 Å². The molecule has 10 heteroatoms. The van der Waals surface area contributed by atoms with Crippen molar-refractivity contribution in [2.75, 3.05) is 7.11 Å². The van der Waals surface area contributed by atoms with E-state index < -0.39 is 32.1 Å². The Morgan fingerprint density at radius 3 is 2.64 bits per heavy atom. The lowest BCUT2D eigenvalue weighted by Crippen LogP contribution is -2.47. The van der Waals surface area contributed by atoms with E-state index >= 15 is 0 Å². The van der Waals surface area contributed by atoms with Gasteiger partial charge in [-0.25, -0.2) is 0 Å². The van der Waals surface area contributed by atoms with Gasteiger partial charge in [0.2, 0.25) is 0 Å². The fourth-order valence-corrected chi connectivity index (χ4v) is 3.08. The standard InChI is InChI=1S/C15H23N2O7P/c1-9(2)23-13-11(6-8-25(19,20)21)24-15(14(13)22-4)17-7-5-12(18)16-10(17)3/h5-9,11,13-15H,3H2,1-2,4H3,(H,16,18)(H2,19,20,21)/b8-6+/t11-,13?,14+,15-/m1/s1. The van der Waals surface area contributed by atoms with Crippen LogP contribution in [-0.4, -0.2) is 58.3 Å². The molecule has 1 fully saturated rings. The number of carbonyl (C=O) groups is 1. The van der Waals surface area contributed by atoms with E-state index in [0.29, 0.717) is 5.82 Å². The van der Waals surface area contributed by atoms with E-state index in [4.69, 9.17) is 24.0 Å². The highest BCUT2D eigenvalue weighted by Crippen LogP contribution is 2.38. The van der Waals surface area contributed by atoms with Crippen molar-refractivity contribution in [3.8, 4) is 0 Å². The molecule has 2 heterocycles. The Bertz CT molecular complexity index is 627. The quantitative estimate of drug-likeness (QED) is 0.580. The molecule has 1 saturated heterocycles. The summed E-state index contributed by atoms with van der Waals surface area (Å²) in [6.07, 6.45) is 1.33. The first-order valence-electron chi connectivity index (χ1n) is 7.67. The Kier molecular flexibility index (Phi) is 6.21. The maximum Gasteiger partial charge on any atom is 0.348 e. The number of nitrogens with one attached hydrogen (secondary N) is 1. The van der Waals surface area contributed by atoms with Crippen LogP contribution in [0.2, 0.25) is 0 Å². The highest BCUT2D eigenvalue weighted by atomic mass is 31.2. The Balaban J connectivity index is 2.30. The summed E-state index contributed by atoms with van der Waals surface area (Å²) in [5, 5.41) is 2.56. The van der Waals surface area contributed by atoms with Gasteiger partial charge in [0.1, 0.15) is 24.1 Å². The SMILES string of the molecule is C=C1NC(=O)C=CN1[C@@H]1O[C@H](/C=C/P(=O)(O)O)C(OC(C)C)[C@@H]1OC. The van der Waals surface area contributed by atoms with E-state index in [-0.39, 0.29) is 12.0 Å². The number of hydrogen-bond donors (Lipinski definition) is 3. The molecule has 0 saturated carbocycles. The van der Waals surface area contributed by atoms with Crippen LogP contribution in [0.25, 0.3) is 0 Å². The number of hydrogen-bond acceptors (Lipinski definition) is 6. The van der Waals surface area contributed by atoms with Gasteiger partial charge in [-0.15, -0.1) is 0 Å². The second-order valence-corrected chi connectivity index (χ2v) is 7.41. The second-order valence-electron chi connectivity index (χ2n) is 5.93. The zero-order valence-corrected chi connectivity index (χ0v) is 15.1. The molecule has 0 bridgehead atoms. The average molecular weight is 374 g/mol. The van der Waals surface area contributed by atoms with Gasteiger partial charge < -0.3 is 34.2 Å². The molecular formula is C15H23N2O7P. The summed E-state index contributed by atoms with van der Waals surface area (Å²) in [5.74, 6) is 0.787. The van der Waals surface area contributed by atoms with Crippen molar-refractivity contribution >= 4 is 13.5 Å². The van der Waals surface area contributed by atoms with Crippen LogP contribution in [0.1, 0.15) is 13.8 Å². The third-order valence-electron chi connectivity index (χ3n) is 3.64. The van der Waals surface area contributed by atoms with Crippen molar-refractivity contribution in [1.82, 2.24) is 10.2 Å². The van der Waals surface area contributed by atoms with Gasteiger partial charge in [0.15, 0.2) is 6.23 Å². The fourth-order valence-electron chi connectivity index (χ4n) is 2.69. The molecule has 2 aliphatic rings. The van der Waals surface area contributed by atoms with Crippen LogP contribution in [0.4, 0.5) is 0 Å². The number of ether oxygens (including phenoxy) is 3. The Labute approximate surface area is 146 Å². The minimum absolute atomic E-state index is 0.157. The molecule has 0 spiro atoms. The van der Waals surface area contributed by atoms with E-state index in [0.717, 1.165) is 5.82 Å². The molecule has 0 aromatic rings. The van der Waals surface area contributed by atoms with Gasteiger partial charge in [-0.1, -0.05) is 6.58 Å². The maximum absolute atomic E-state index is 11.4. The summed E-state index contributed by atoms with van der Waals surface area (Å²) < 4.78 is 28.4. The molecule has 0 aromatic heterocycles. The molecule has 0 aromatic carbocycles. The summed E-state index contributed by atoms with van der Waals surface area (Å²) >= 11 is 0. The van der Waals surface area contributed by atoms with E-state index in [2.05, 4.69) is 11.9 Å². The molecule has 9 nitrogen and oxygen atoms in total. The minimum atomic E-state index is -4.34. The Morgan fingerprint density at radius 1 is 1.44 bits per heavy atom. The zero-order chi connectivity index (χ0) is 18.8. The molecule has 0 radical (unpaired) electrons. The number of carbonyl (C=O) groups excluding carboxylic acids is 1. The van der Waals surface area contributed by atoms with Gasteiger partial charge in [0.25, 0.3) is 5.91 Å². The highest BCUT2D eigenvalue weighted by molar-refractivity contribution is 7.55. The molecule has 140 valence electrons. The van der Waals surface area contributed by atoms with Crippen molar-refractivity contribution < 1.29 is 33.4 Å². The van der Waals surface area contributed by atoms with Gasteiger partial charge in [0.05, 0.1) is 6.10 Å². The summed E-state index contributed by atoms with van der Waals surface area (Å²) in [4.78, 5) is 31.1. The van der Waals surface area contributed by atoms with Crippen LogP contribution >= 0.6 is 7.60 Å². The van der Waals surface area contributed by atoms with Gasteiger partial charge in [-0.05, 0) is 19.9 Å². The van der Waals surface area contributed by atoms with Crippen LogP contribution in [0.15, 0.2) is 36.6 Å². The topological polar surface area (TPSA) is 118 Å². The molecule has 2 rings (SSSR count). The monoisotopic (exact) mass is 374 g/mol. The lowest BCUT2D eigenvalue weighted by Gasteiger charge is -2.34. The summed E-state index contributed by atoms with van der Waals surface area (Å²) in [7, 11) is -2.85.